The molecule has 2 aromatic rings. The summed E-state index contributed by atoms with van der Waals surface area (Å²) in [5.74, 6) is 0.306. The number of halogens is 3. The summed E-state index contributed by atoms with van der Waals surface area (Å²) in [6, 6.07) is 6.39. The smallest absolute Gasteiger partial charge is 0.273 e. The zero-order chi connectivity index (χ0) is 16.2. The third kappa shape index (κ3) is 5.64. The summed E-state index contributed by atoms with van der Waals surface area (Å²) in [7, 11) is 1.94. The van der Waals surface area contributed by atoms with Crippen LogP contribution in [0.4, 0.5) is 4.39 Å². The van der Waals surface area contributed by atoms with E-state index in [1.54, 1.807) is 12.1 Å². The molecule has 25 heavy (non-hydrogen) atoms. The highest BCUT2D eigenvalue weighted by molar-refractivity contribution is 7.09. The topological polar surface area (TPSA) is 45.2 Å². The molecule has 1 fully saturated rings. The maximum atomic E-state index is 12.9. The third-order valence-corrected chi connectivity index (χ3v) is 4.95. The number of nitrogens with zero attached hydrogens (tertiary/aromatic N) is 2. The molecule has 1 N–H and O–H groups in total. The van der Waals surface area contributed by atoms with Crippen LogP contribution >= 0.6 is 36.2 Å². The van der Waals surface area contributed by atoms with Gasteiger partial charge in [0.2, 0.25) is 0 Å². The van der Waals surface area contributed by atoms with Crippen molar-refractivity contribution in [3.8, 4) is 0 Å². The van der Waals surface area contributed by atoms with E-state index in [9.17, 15) is 9.18 Å². The number of carbonyl (C=O) groups excluding carboxylic acids is 1. The number of amides is 1. The first kappa shape index (κ1) is 21.8. The van der Waals surface area contributed by atoms with Gasteiger partial charge in [0.25, 0.3) is 5.91 Å². The molecule has 1 amide bonds. The monoisotopic (exact) mass is 405 g/mol. The van der Waals surface area contributed by atoms with Crippen LogP contribution in [0.5, 0.6) is 0 Å². The second-order valence-corrected chi connectivity index (χ2v) is 6.84. The molecule has 1 aromatic carbocycles. The fourth-order valence-corrected chi connectivity index (χ4v) is 3.70. The molecular formula is C17H22Cl2FN3OS. The molecule has 1 unspecified atom stereocenters. The molecule has 0 aliphatic carbocycles. The van der Waals surface area contributed by atoms with Crippen LogP contribution in [0.2, 0.25) is 0 Å². The van der Waals surface area contributed by atoms with Gasteiger partial charge in [0, 0.05) is 24.9 Å². The fraction of sp³-hybridized carbons (Fsp3) is 0.412. The van der Waals surface area contributed by atoms with Gasteiger partial charge >= 0.3 is 0 Å². The summed E-state index contributed by atoms with van der Waals surface area (Å²) in [4.78, 5) is 18.9. The van der Waals surface area contributed by atoms with E-state index in [1.807, 2.05) is 17.3 Å². The van der Waals surface area contributed by atoms with Gasteiger partial charge in [-0.2, -0.15) is 0 Å². The van der Waals surface area contributed by atoms with Gasteiger partial charge in [-0.1, -0.05) is 12.1 Å². The van der Waals surface area contributed by atoms with E-state index in [4.69, 9.17) is 0 Å². The lowest BCUT2D eigenvalue weighted by Gasteiger charge is -2.15. The van der Waals surface area contributed by atoms with Crippen molar-refractivity contribution in [2.45, 2.75) is 12.8 Å². The minimum atomic E-state index is -0.242. The summed E-state index contributed by atoms with van der Waals surface area (Å²) >= 11 is 1.48. The quantitative estimate of drug-likeness (QED) is 0.828. The summed E-state index contributed by atoms with van der Waals surface area (Å²) in [6.07, 6.45) is 1.67. The van der Waals surface area contributed by atoms with E-state index in [1.165, 1.54) is 23.5 Å². The lowest BCUT2D eigenvalue weighted by Crippen LogP contribution is -2.30. The van der Waals surface area contributed by atoms with Gasteiger partial charge in [0.1, 0.15) is 11.5 Å². The van der Waals surface area contributed by atoms with Gasteiger partial charge in [0.05, 0.1) is 5.01 Å². The number of hydrogen-bond acceptors (Lipinski definition) is 4. The summed E-state index contributed by atoms with van der Waals surface area (Å²) < 4.78 is 12.9. The SMILES string of the molecule is CNCC1CCN(C(=O)c2csc(Cc3ccc(F)cc3)n2)C1.Cl.Cl. The normalized spacial score (nSPS) is 16.2. The number of aromatic nitrogens is 1. The molecule has 0 bridgehead atoms. The minimum absolute atomic E-state index is 0. The molecule has 4 nitrogen and oxygen atoms in total. The van der Waals surface area contributed by atoms with E-state index in [-0.39, 0.29) is 36.5 Å². The van der Waals surface area contributed by atoms with Crippen molar-refractivity contribution in [2.24, 2.45) is 5.92 Å². The first-order chi connectivity index (χ1) is 11.2. The molecule has 1 saturated heterocycles. The first-order valence-corrected chi connectivity index (χ1v) is 8.66. The Balaban J connectivity index is 0.00000156. The Morgan fingerprint density at radius 2 is 2.08 bits per heavy atom. The van der Waals surface area contributed by atoms with Gasteiger partial charge < -0.3 is 10.2 Å². The van der Waals surface area contributed by atoms with Crippen LogP contribution in [0.3, 0.4) is 0 Å². The van der Waals surface area contributed by atoms with Gasteiger partial charge in [-0.05, 0) is 43.6 Å². The van der Waals surface area contributed by atoms with Gasteiger partial charge in [-0.3, -0.25) is 4.79 Å². The van der Waals surface area contributed by atoms with Crippen LogP contribution < -0.4 is 5.32 Å². The highest BCUT2D eigenvalue weighted by Gasteiger charge is 2.27. The van der Waals surface area contributed by atoms with Crippen molar-refractivity contribution in [1.82, 2.24) is 15.2 Å². The molecule has 138 valence electrons. The number of hydrogen-bond donors (Lipinski definition) is 1. The summed E-state index contributed by atoms with van der Waals surface area (Å²) in [5.41, 5.74) is 1.52. The highest BCUT2D eigenvalue weighted by Crippen LogP contribution is 2.20. The summed E-state index contributed by atoms with van der Waals surface area (Å²) in [5, 5.41) is 5.87. The maximum Gasteiger partial charge on any atom is 0.273 e. The lowest BCUT2D eigenvalue weighted by molar-refractivity contribution is 0.0782. The summed E-state index contributed by atoms with van der Waals surface area (Å²) in [6.45, 7) is 2.54. The predicted octanol–water partition coefficient (Wildman–Crippen LogP) is 3.40. The van der Waals surface area contributed by atoms with Crippen molar-refractivity contribution < 1.29 is 9.18 Å². The molecule has 1 atom stereocenters. The fourth-order valence-electron chi connectivity index (χ4n) is 2.90. The van der Waals surface area contributed by atoms with E-state index in [0.717, 1.165) is 36.6 Å². The highest BCUT2D eigenvalue weighted by atomic mass is 35.5. The molecule has 0 spiro atoms. The van der Waals surface area contributed by atoms with Crippen LogP contribution in [-0.2, 0) is 6.42 Å². The number of thiazole rings is 1. The average Bonchev–Trinajstić information content (AvgIpc) is 3.19. The van der Waals surface area contributed by atoms with E-state index >= 15 is 0 Å². The molecule has 0 radical (unpaired) electrons. The molecule has 2 heterocycles. The van der Waals surface area contributed by atoms with Crippen LogP contribution in [0.25, 0.3) is 0 Å². The van der Waals surface area contributed by atoms with E-state index < -0.39 is 0 Å². The van der Waals surface area contributed by atoms with Crippen LogP contribution in [0.1, 0.15) is 27.5 Å². The van der Waals surface area contributed by atoms with Gasteiger partial charge in [-0.15, -0.1) is 36.2 Å². The Morgan fingerprint density at radius 3 is 2.76 bits per heavy atom. The van der Waals surface area contributed by atoms with Crippen LogP contribution in [0.15, 0.2) is 29.6 Å². The average molecular weight is 406 g/mol. The maximum absolute atomic E-state index is 12.9. The standard InChI is InChI=1S/C17H20FN3OS.2ClH/c1-19-9-13-6-7-21(10-13)17(22)15-11-23-16(20-15)8-12-2-4-14(18)5-3-12;;/h2-5,11,13,19H,6-10H2,1H3;2*1H. The third-order valence-electron chi connectivity index (χ3n) is 4.11. The van der Waals surface area contributed by atoms with Crippen molar-refractivity contribution in [1.29, 1.82) is 0 Å². The minimum Gasteiger partial charge on any atom is -0.337 e. The number of rotatable bonds is 5. The molecule has 1 aliphatic heterocycles. The van der Waals surface area contributed by atoms with Crippen molar-refractivity contribution in [3.63, 3.8) is 0 Å². The molecule has 1 aliphatic rings. The Kier molecular flexibility index (Phi) is 8.79. The Morgan fingerprint density at radius 1 is 1.36 bits per heavy atom. The molecule has 8 heteroatoms. The number of likely N-dealkylation sites (tertiary alicyclic amines) is 1. The predicted molar refractivity (Wildman–Crippen MR) is 104 cm³/mol. The second-order valence-electron chi connectivity index (χ2n) is 5.89. The largest absolute Gasteiger partial charge is 0.337 e. The second kappa shape index (κ2) is 10.1. The number of benzene rings is 1. The number of carbonyl (C=O) groups is 1. The Hall–Kier alpha value is -1.21. The van der Waals surface area contributed by atoms with Gasteiger partial charge in [0.15, 0.2) is 0 Å². The van der Waals surface area contributed by atoms with Crippen LogP contribution in [0, 0.1) is 11.7 Å². The Labute approximate surface area is 163 Å². The lowest BCUT2D eigenvalue weighted by atomic mass is 10.1. The van der Waals surface area contributed by atoms with Crippen molar-refractivity contribution in [2.75, 3.05) is 26.7 Å². The van der Waals surface area contributed by atoms with Crippen LogP contribution in [-0.4, -0.2) is 42.5 Å². The molecule has 1 aromatic heterocycles. The van der Waals surface area contributed by atoms with E-state index in [2.05, 4.69) is 10.3 Å². The molecule has 0 saturated carbocycles. The van der Waals surface area contributed by atoms with Crippen molar-refractivity contribution in [3.05, 3.63) is 51.7 Å². The van der Waals surface area contributed by atoms with Gasteiger partial charge in [-0.25, -0.2) is 9.37 Å². The molecule has 3 rings (SSSR count). The van der Waals surface area contributed by atoms with E-state index in [0.29, 0.717) is 18.0 Å². The molecular weight excluding hydrogens is 384 g/mol. The number of nitrogens with one attached hydrogen (secondary N) is 1. The zero-order valence-corrected chi connectivity index (χ0v) is 16.4. The first-order valence-electron chi connectivity index (χ1n) is 7.78. The van der Waals surface area contributed by atoms with Crippen molar-refractivity contribution >= 4 is 42.1 Å². The Bertz CT molecular complexity index is 681. The zero-order valence-electron chi connectivity index (χ0n) is 13.9.